The molecule has 0 N–H and O–H groups in total. The van der Waals surface area contributed by atoms with Crippen LogP contribution in [0.15, 0.2) is 91.0 Å². The molecule has 4 aromatic rings. The summed E-state index contributed by atoms with van der Waals surface area (Å²) in [6, 6.07) is 27.5. The Morgan fingerprint density at radius 2 is 1.47 bits per heavy atom. The van der Waals surface area contributed by atoms with Gasteiger partial charge < -0.3 is 14.4 Å². The minimum absolute atomic E-state index is 0.0208. The van der Waals surface area contributed by atoms with Gasteiger partial charge in [-0.1, -0.05) is 42.5 Å². The molecule has 0 aliphatic carbocycles. The number of hydrogen-bond acceptors (Lipinski definition) is 5. The van der Waals surface area contributed by atoms with Crippen LogP contribution >= 0.6 is 0 Å². The van der Waals surface area contributed by atoms with Crippen molar-refractivity contribution < 1.29 is 14.3 Å². The summed E-state index contributed by atoms with van der Waals surface area (Å²) in [4.78, 5) is 18.0. The summed E-state index contributed by atoms with van der Waals surface area (Å²) in [7, 11) is 3.28. The normalized spacial score (nSPS) is 14.1. The Balaban J connectivity index is 1.33. The fourth-order valence-electron chi connectivity index (χ4n) is 4.55. The summed E-state index contributed by atoms with van der Waals surface area (Å²) in [6.07, 6.45) is 4.33. The zero-order valence-corrected chi connectivity index (χ0v) is 21.8. The molecule has 0 bridgehead atoms. The average Bonchev–Trinajstić information content (AvgIpc) is 3.43. The standard InChI is InChI=1S/C31H32N4O3/c1-37-27-14-10-25(11-15-27)29-23-30(35(32-29)26-12-16-28(38-2)17-13-26)31(36)34-21-19-33(20-22-34)18-6-9-24-7-4-3-5-8-24/h3-17,23H,18-22H2,1-2H3/b9-6+. The second-order valence-electron chi connectivity index (χ2n) is 9.16. The van der Waals surface area contributed by atoms with Crippen LogP contribution in [0.4, 0.5) is 0 Å². The lowest BCUT2D eigenvalue weighted by Gasteiger charge is -2.34. The zero-order valence-electron chi connectivity index (χ0n) is 21.8. The first-order chi connectivity index (χ1) is 18.6. The number of ether oxygens (including phenoxy) is 2. The molecule has 7 nitrogen and oxygen atoms in total. The predicted octanol–water partition coefficient (Wildman–Crippen LogP) is 5.03. The van der Waals surface area contributed by atoms with E-state index >= 15 is 0 Å². The number of carbonyl (C=O) groups is 1. The Labute approximate surface area is 223 Å². The number of methoxy groups -OCH3 is 2. The molecular formula is C31H32N4O3. The number of amides is 1. The molecule has 1 saturated heterocycles. The van der Waals surface area contributed by atoms with Crippen LogP contribution in [0.25, 0.3) is 23.0 Å². The second-order valence-corrected chi connectivity index (χ2v) is 9.16. The number of rotatable bonds is 8. The van der Waals surface area contributed by atoms with Crippen LogP contribution in [0.3, 0.4) is 0 Å². The third-order valence-electron chi connectivity index (χ3n) is 6.76. The van der Waals surface area contributed by atoms with Crippen molar-refractivity contribution in [1.29, 1.82) is 0 Å². The minimum Gasteiger partial charge on any atom is -0.497 e. The molecule has 1 aliphatic heterocycles. The summed E-state index contributed by atoms with van der Waals surface area (Å²) < 4.78 is 12.3. The number of aromatic nitrogens is 2. The summed E-state index contributed by atoms with van der Waals surface area (Å²) in [5.74, 6) is 1.50. The van der Waals surface area contributed by atoms with E-state index in [1.165, 1.54) is 5.56 Å². The van der Waals surface area contributed by atoms with Crippen LogP contribution in [0, 0.1) is 0 Å². The third-order valence-corrected chi connectivity index (χ3v) is 6.76. The highest BCUT2D eigenvalue weighted by molar-refractivity contribution is 5.94. The van der Waals surface area contributed by atoms with Crippen molar-refractivity contribution in [1.82, 2.24) is 19.6 Å². The summed E-state index contributed by atoms with van der Waals surface area (Å²) in [5.41, 5.74) is 4.19. The molecule has 0 unspecified atom stereocenters. The first-order valence-electron chi connectivity index (χ1n) is 12.8. The molecule has 1 aromatic heterocycles. The van der Waals surface area contributed by atoms with Gasteiger partial charge in [0.2, 0.25) is 0 Å². The van der Waals surface area contributed by atoms with E-state index in [1.54, 1.807) is 18.9 Å². The maximum Gasteiger partial charge on any atom is 0.272 e. The van der Waals surface area contributed by atoms with Crippen molar-refractivity contribution in [3.05, 3.63) is 102 Å². The molecule has 194 valence electrons. The van der Waals surface area contributed by atoms with E-state index < -0.39 is 0 Å². The molecule has 38 heavy (non-hydrogen) atoms. The van der Waals surface area contributed by atoms with Gasteiger partial charge in [-0.15, -0.1) is 0 Å². The van der Waals surface area contributed by atoms with Crippen molar-refractivity contribution >= 4 is 12.0 Å². The molecule has 1 aliphatic rings. The van der Waals surface area contributed by atoms with E-state index in [2.05, 4.69) is 29.2 Å². The first kappa shape index (κ1) is 25.3. The van der Waals surface area contributed by atoms with Crippen molar-refractivity contribution in [2.24, 2.45) is 0 Å². The van der Waals surface area contributed by atoms with Gasteiger partial charge in [0.1, 0.15) is 17.2 Å². The van der Waals surface area contributed by atoms with Crippen molar-refractivity contribution in [2.45, 2.75) is 0 Å². The lowest BCUT2D eigenvalue weighted by Crippen LogP contribution is -2.49. The largest absolute Gasteiger partial charge is 0.497 e. The van der Waals surface area contributed by atoms with Crippen molar-refractivity contribution in [3.63, 3.8) is 0 Å². The van der Waals surface area contributed by atoms with E-state index in [0.29, 0.717) is 18.8 Å². The molecule has 0 radical (unpaired) electrons. The molecule has 0 saturated carbocycles. The molecule has 2 heterocycles. The average molecular weight is 509 g/mol. The number of carbonyl (C=O) groups excluding carboxylic acids is 1. The minimum atomic E-state index is -0.0208. The van der Waals surface area contributed by atoms with Crippen LogP contribution in [0.2, 0.25) is 0 Å². The highest BCUT2D eigenvalue weighted by Gasteiger charge is 2.26. The molecule has 5 rings (SSSR count). The quantitative estimate of drug-likeness (QED) is 0.334. The van der Waals surface area contributed by atoms with Gasteiger partial charge in [0, 0.05) is 38.3 Å². The summed E-state index contributed by atoms with van der Waals surface area (Å²) in [6.45, 7) is 3.86. The van der Waals surface area contributed by atoms with Gasteiger partial charge in [-0.05, 0) is 60.2 Å². The fourth-order valence-corrected chi connectivity index (χ4v) is 4.55. The van der Waals surface area contributed by atoms with Gasteiger partial charge in [0.05, 0.1) is 25.6 Å². The zero-order chi connectivity index (χ0) is 26.3. The van der Waals surface area contributed by atoms with Crippen LogP contribution in [0.5, 0.6) is 11.5 Å². The maximum atomic E-state index is 13.8. The Bertz CT molecular complexity index is 1370. The Hall–Kier alpha value is -4.36. The van der Waals surface area contributed by atoms with Crippen LogP contribution in [-0.2, 0) is 0 Å². The fraction of sp³-hybridized carbons (Fsp3) is 0.226. The molecule has 3 aromatic carbocycles. The lowest BCUT2D eigenvalue weighted by molar-refractivity contribution is 0.0641. The predicted molar refractivity (Wildman–Crippen MR) is 150 cm³/mol. The summed E-state index contributed by atoms with van der Waals surface area (Å²) in [5, 5.41) is 4.83. The third kappa shape index (κ3) is 5.79. The van der Waals surface area contributed by atoms with E-state index in [9.17, 15) is 4.79 Å². The van der Waals surface area contributed by atoms with E-state index in [1.807, 2.05) is 77.7 Å². The van der Waals surface area contributed by atoms with Crippen molar-refractivity contribution in [2.75, 3.05) is 46.9 Å². The number of nitrogens with zero attached hydrogens (tertiary/aromatic N) is 4. The lowest BCUT2D eigenvalue weighted by atomic mass is 10.1. The van der Waals surface area contributed by atoms with Crippen LogP contribution in [0.1, 0.15) is 16.1 Å². The smallest absolute Gasteiger partial charge is 0.272 e. The highest BCUT2D eigenvalue weighted by Crippen LogP contribution is 2.26. The summed E-state index contributed by atoms with van der Waals surface area (Å²) >= 11 is 0. The Morgan fingerprint density at radius 1 is 0.842 bits per heavy atom. The highest BCUT2D eigenvalue weighted by atomic mass is 16.5. The maximum absolute atomic E-state index is 13.8. The topological polar surface area (TPSA) is 59.8 Å². The molecular weight excluding hydrogens is 476 g/mol. The molecule has 1 fully saturated rings. The van der Waals surface area contributed by atoms with Gasteiger partial charge >= 0.3 is 0 Å². The number of benzene rings is 3. The van der Waals surface area contributed by atoms with E-state index in [-0.39, 0.29) is 5.91 Å². The molecule has 0 atom stereocenters. The van der Waals surface area contributed by atoms with Gasteiger partial charge in [-0.25, -0.2) is 4.68 Å². The number of piperazine rings is 1. The molecule has 0 spiro atoms. The molecule has 7 heteroatoms. The van der Waals surface area contributed by atoms with E-state index in [4.69, 9.17) is 14.6 Å². The van der Waals surface area contributed by atoms with E-state index in [0.717, 1.165) is 48.1 Å². The SMILES string of the molecule is COc1ccc(-c2cc(C(=O)N3CCN(C/C=C/c4ccccc4)CC3)n(-c3ccc(OC)cc3)n2)cc1. The monoisotopic (exact) mass is 508 g/mol. The van der Waals surface area contributed by atoms with Crippen molar-refractivity contribution in [3.8, 4) is 28.4 Å². The van der Waals surface area contributed by atoms with Gasteiger partial charge in [0.15, 0.2) is 0 Å². The Kier molecular flexibility index (Phi) is 7.85. The van der Waals surface area contributed by atoms with Gasteiger partial charge in [-0.2, -0.15) is 5.10 Å². The van der Waals surface area contributed by atoms with Crippen LogP contribution in [-0.4, -0.2) is 72.4 Å². The van der Waals surface area contributed by atoms with Crippen LogP contribution < -0.4 is 9.47 Å². The number of hydrogen-bond donors (Lipinski definition) is 0. The Morgan fingerprint density at radius 3 is 2.11 bits per heavy atom. The molecule has 1 amide bonds. The van der Waals surface area contributed by atoms with Gasteiger partial charge in [-0.3, -0.25) is 9.69 Å². The first-order valence-corrected chi connectivity index (χ1v) is 12.8. The van der Waals surface area contributed by atoms with Gasteiger partial charge in [0.25, 0.3) is 5.91 Å². The second kappa shape index (κ2) is 11.8.